The molecule has 2 unspecified atom stereocenters. The quantitative estimate of drug-likeness (QED) is 0.785. The summed E-state index contributed by atoms with van der Waals surface area (Å²) in [5.74, 6) is 0.224. The molecule has 2 atom stereocenters. The highest BCUT2D eigenvalue weighted by atomic mass is 16.1. The van der Waals surface area contributed by atoms with Crippen molar-refractivity contribution in [1.29, 1.82) is 0 Å². The van der Waals surface area contributed by atoms with Gasteiger partial charge in [-0.15, -0.1) is 0 Å². The van der Waals surface area contributed by atoms with E-state index in [2.05, 4.69) is 18.7 Å². The van der Waals surface area contributed by atoms with Gasteiger partial charge in [-0.2, -0.15) is 0 Å². The zero-order valence-electron chi connectivity index (χ0n) is 11.0. The molecule has 4 heteroatoms. The Balaban J connectivity index is 2.30. The van der Waals surface area contributed by atoms with Gasteiger partial charge in [-0.1, -0.05) is 6.92 Å². The van der Waals surface area contributed by atoms with E-state index in [0.717, 1.165) is 12.2 Å². The van der Waals surface area contributed by atoms with Crippen molar-refractivity contribution < 1.29 is 4.79 Å². The number of amides is 1. The van der Waals surface area contributed by atoms with Crippen molar-refractivity contribution in [2.45, 2.75) is 32.7 Å². The molecule has 98 valence electrons. The van der Waals surface area contributed by atoms with E-state index in [0.29, 0.717) is 23.2 Å². The molecule has 4 nitrogen and oxygen atoms in total. The second-order valence-electron chi connectivity index (χ2n) is 5.19. The number of carbonyl (C=O) groups excluding carboxylic acids is 1. The average Bonchev–Trinajstić information content (AvgIpc) is 2.33. The van der Waals surface area contributed by atoms with Gasteiger partial charge in [0.2, 0.25) is 5.91 Å². The highest BCUT2D eigenvalue weighted by Gasteiger charge is 2.26. The maximum atomic E-state index is 11.1. The Morgan fingerprint density at radius 1 is 1.39 bits per heavy atom. The van der Waals surface area contributed by atoms with Crippen LogP contribution in [0, 0.1) is 5.92 Å². The fourth-order valence-corrected chi connectivity index (χ4v) is 2.64. The van der Waals surface area contributed by atoms with Crippen LogP contribution in [0.2, 0.25) is 0 Å². The van der Waals surface area contributed by atoms with Crippen LogP contribution in [0.3, 0.4) is 0 Å². The lowest BCUT2D eigenvalue weighted by Crippen LogP contribution is -2.42. The highest BCUT2D eigenvalue weighted by molar-refractivity contribution is 5.94. The molecule has 4 N–H and O–H groups in total. The number of nitrogens with two attached hydrogens (primary N) is 2. The molecule has 1 aliphatic heterocycles. The van der Waals surface area contributed by atoms with Crippen molar-refractivity contribution in [3.05, 3.63) is 23.8 Å². The highest BCUT2D eigenvalue weighted by Crippen LogP contribution is 2.32. The van der Waals surface area contributed by atoms with E-state index < -0.39 is 5.91 Å². The van der Waals surface area contributed by atoms with Crippen molar-refractivity contribution in [2.75, 3.05) is 17.2 Å². The van der Waals surface area contributed by atoms with Crippen LogP contribution in [-0.4, -0.2) is 18.5 Å². The van der Waals surface area contributed by atoms with Gasteiger partial charge in [0.05, 0.1) is 11.4 Å². The van der Waals surface area contributed by atoms with Crippen LogP contribution < -0.4 is 16.4 Å². The zero-order valence-corrected chi connectivity index (χ0v) is 11.0. The Morgan fingerprint density at radius 2 is 2.11 bits per heavy atom. The van der Waals surface area contributed by atoms with Crippen molar-refractivity contribution in [1.82, 2.24) is 0 Å². The Kier molecular flexibility index (Phi) is 3.45. The van der Waals surface area contributed by atoms with E-state index in [-0.39, 0.29) is 0 Å². The summed E-state index contributed by atoms with van der Waals surface area (Å²) in [7, 11) is 0. The van der Waals surface area contributed by atoms with Gasteiger partial charge in [0, 0.05) is 18.2 Å². The van der Waals surface area contributed by atoms with Crippen LogP contribution in [0.1, 0.15) is 37.0 Å². The molecule has 0 bridgehead atoms. The summed E-state index contributed by atoms with van der Waals surface area (Å²) in [6, 6.07) is 5.80. The largest absolute Gasteiger partial charge is 0.397 e. The van der Waals surface area contributed by atoms with Crippen LogP contribution in [-0.2, 0) is 0 Å². The Morgan fingerprint density at radius 3 is 2.72 bits per heavy atom. The molecule has 0 aromatic heterocycles. The molecule has 1 aliphatic rings. The topological polar surface area (TPSA) is 72.3 Å². The lowest BCUT2D eigenvalue weighted by atomic mass is 9.91. The molecule has 18 heavy (non-hydrogen) atoms. The maximum Gasteiger partial charge on any atom is 0.248 e. The molecule has 1 aromatic rings. The number of nitrogens with zero attached hydrogens (tertiary/aromatic N) is 1. The third-order valence-corrected chi connectivity index (χ3v) is 4.00. The first-order valence-electron chi connectivity index (χ1n) is 6.46. The van der Waals surface area contributed by atoms with Gasteiger partial charge in [0.1, 0.15) is 0 Å². The molecular weight excluding hydrogens is 226 g/mol. The number of hydrogen-bond acceptors (Lipinski definition) is 3. The number of nitrogen functional groups attached to an aromatic ring is 1. The van der Waals surface area contributed by atoms with Crippen LogP contribution in [0.5, 0.6) is 0 Å². The Labute approximate surface area is 108 Å². The molecule has 0 aliphatic carbocycles. The number of rotatable bonds is 2. The van der Waals surface area contributed by atoms with E-state index in [1.54, 1.807) is 12.1 Å². The molecule has 0 radical (unpaired) electrons. The normalized spacial score (nSPS) is 24.0. The van der Waals surface area contributed by atoms with Gasteiger partial charge in [0.15, 0.2) is 0 Å². The van der Waals surface area contributed by atoms with Crippen molar-refractivity contribution >= 4 is 17.3 Å². The van der Waals surface area contributed by atoms with E-state index >= 15 is 0 Å². The Bertz CT molecular complexity index is 458. The molecule has 1 amide bonds. The molecule has 1 heterocycles. The van der Waals surface area contributed by atoms with E-state index in [9.17, 15) is 4.79 Å². The summed E-state index contributed by atoms with van der Waals surface area (Å²) in [6.45, 7) is 5.52. The monoisotopic (exact) mass is 247 g/mol. The van der Waals surface area contributed by atoms with Crippen LogP contribution in [0.15, 0.2) is 18.2 Å². The van der Waals surface area contributed by atoms with Crippen molar-refractivity contribution in [3.8, 4) is 0 Å². The fraction of sp³-hybridized carbons (Fsp3) is 0.500. The SMILES string of the molecule is CC1CCCN(c2ccc(C(N)=O)cc2N)C1C. The zero-order chi connectivity index (χ0) is 13.3. The van der Waals surface area contributed by atoms with E-state index in [1.807, 2.05) is 6.07 Å². The van der Waals surface area contributed by atoms with Gasteiger partial charge >= 0.3 is 0 Å². The lowest BCUT2D eigenvalue weighted by molar-refractivity contribution is 0.100. The summed E-state index contributed by atoms with van der Waals surface area (Å²) < 4.78 is 0. The third-order valence-electron chi connectivity index (χ3n) is 4.00. The molecular formula is C14H21N3O. The molecule has 0 spiro atoms. The maximum absolute atomic E-state index is 11.1. The fourth-order valence-electron chi connectivity index (χ4n) is 2.64. The third kappa shape index (κ3) is 2.28. The first-order valence-corrected chi connectivity index (χ1v) is 6.46. The van der Waals surface area contributed by atoms with E-state index in [1.165, 1.54) is 12.8 Å². The van der Waals surface area contributed by atoms with Gasteiger partial charge in [-0.05, 0) is 43.9 Å². The number of piperidine rings is 1. The molecule has 0 saturated carbocycles. The second-order valence-corrected chi connectivity index (χ2v) is 5.19. The van der Waals surface area contributed by atoms with Gasteiger partial charge in [-0.25, -0.2) is 0 Å². The molecule has 2 rings (SSSR count). The number of carbonyl (C=O) groups is 1. The summed E-state index contributed by atoms with van der Waals surface area (Å²) in [6.07, 6.45) is 2.44. The van der Waals surface area contributed by atoms with Gasteiger partial charge in [-0.3, -0.25) is 4.79 Å². The lowest BCUT2D eigenvalue weighted by Gasteiger charge is -2.40. The van der Waals surface area contributed by atoms with Crippen molar-refractivity contribution in [3.63, 3.8) is 0 Å². The average molecular weight is 247 g/mol. The first kappa shape index (κ1) is 12.7. The number of anilines is 2. The number of hydrogen-bond donors (Lipinski definition) is 2. The molecule has 1 saturated heterocycles. The Hall–Kier alpha value is -1.71. The number of benzene rings is 1. The van der Waals surface area contributed by atoms with Crippen LogP contribution in [0.4, 0.5) is 11.4 Å². The summed E-state index contributed by atoms with van der Waals surface area (Å²) >= 11 is 0. The number of primary amides is 1. The second kappa shape index (κ2) is 4.88. The predicted molar refractivity (Wildman–Crippen MR) is 74.6 cm³/mol. The smallest absolute Gasteiger partial charge is 0.248 e. The van der Waals surface area contributed by atoms with Crippen LogP contribution in [0.25, 0.3) is 0 Å². The van der Waals surface area contributed by atoms with Gasteiger partial charge in [0.25, 0.3) is 0 Å². The molecule has 1 fully saturated rings. The molecule has 1 aromatic carbocycles. The summed E-state index contributed by atoms with van der Waals surface area (Å²) in [4.78, 5) is 13.4. The van der Waals surface area contributed by atoms with Gasteiger partial charge < -0.3 is 16.4 Å². The summed E-state index contributed by atoms with van der Waals surface area (Å²) in [5.41, 5.74) is 13.4. The first-order chi connectivity index (χ1) is 8.50. The minimum Gasteiger partial charge on any atom is -0.397 e. The van der Waals surface area contributed by atoms with Crippen LogP contribution >= 0.6 is 0 Å². The van der Waals surface area contributed by atoms with E-state index in [4.69, 9.17) is 11.5 Å². The minimum absolute atomic E-state index is 0.437. The minimum atomic E-state index is -0.437. The standard InChI is InChI=1S/C14H21N3O/c1-9-4-3-7-17(10(9)2)13-6-5-11(14(16)18)8-12(13)15/h5-6,8-10H,3-4,7,15H2,1-2H3,(H2,16,18). The summed E-state index contributed by atoms with van der Waals surface area (Å²) in [5, 5.41) is 0. The van der Waals surface area contributed by atoms with Crippen molar-refractivity contribution in [2.24, 2.45) is 11.7 Å². The predicted octanol–water partition coefficient (Wildman–Crippen LogP) is 1.99.